The smallest absolute Gasteiger partial charge is 0.124 e. The fourth-order valence-electron chi connectivity index (χ4n) is 1.24. The van der Waals surface area contributed by atoms with E-state index in [-0.39, 0.29) is 0 Å². The van der Waals surface area contributed by atoms with Crippen molar-refractivity contribution in [1.82, 2.24) is 5.48 Å². The van der Waals surface area contributed by atoms with Gasteiger partial charge in [0.1, 0.15) is 5.84 Å². The third-order valence-electron chi connectivity index (χ3n) is 1.88. The average molecular weight is 112 g/mol. The summed E-state index contributed by atoms with van der Waals surface area (Å²) in [5, 5.41) is 8.38. The third-order valence-corrected chi connectivity index (χ3v) is 1.88. The Balaban J connectivity index is 2.12. The maximum Gasteiger partial charge on any atom is 0.124 e. The molecule has 3 heteroatoms. The van der Waals surface area contributed by atoms with E-state index in [1.54, 1.807) is 0 Å². The first-order valence-corrected chi connectivity index (χ1v) is 2.86. The first-order valence-electron chi connectivity index (χ1n) is 2.86. The summed E-state index contributed by atoms with van der Waals surface area (Å²) in [5.41, 5.74) is 2.11. The second-order valence-electron chi connectivity index (χ2n) is 2.44. The van der Waals surface area contributed by atoms with Gasteiger partial charge in [-0.15, -0.1) is 0 Å². The molecule has 0 spiro atoms. The summed E-state index contributed by atoms with van der Waals surface area (Å²) in [4.78, 5) is 4.04. The molecule has 2 rings (SSSR count). The summed E-state index contributed by atoms with van der Waals surface area (Å²) in [7, 11) is 0. The summed E-state index contributed by atoms with van der Waals surface area (Å²) < 4.78 is 0. The highest BCUT2D eigenvalue weighted by molar-refractivity contribution is 5.88. The highest BCUT2D eigenvalue weighted by atomic mass is 16.5. The molecule has 8 heavy (non-hydrogen) atoms. The lowest BCUT2D eigenvalue weighted by Gasteiger charge is -1.94. The summed E-state index contributed by atoms with van der Waals surface area (Å²) in [6.07, 6.45) is 1.23. The lowest BCUT2D eigenvalue weighted by Crippen LogP contribution is -2.19. The van der Waals surface area contributed by atoms with Crippen LogP contribution in [0.4, 0.5) is 0 Å². The van der Waals surface area contributed by atoms with Crippen LogP contribution in [0.3, 0.4) is 0 Å². The minimum atomic E-state index is 0.583. The maximum atomic E-state index is 8.38. The van der Waals surface area contributed by atoms with Crippen molar-refractivity contribution in [3.63, 3.8) is 0 Å². The molecule has 0 aromatic rings. The summed E-state index contributed by atoms with van der Waals surface area (Å²) in [6, 6.07) is 0. The molecule has 0 saturated heterocycles. The highest BCUT2D eigenvalue weighted by Gasteiger charge is 2.44. The predicted molar refractivity (Wildman–Crippen MR) is 28.8 cm³/mol. The van der Waals surface area contributed by atoms with Gasteiger partial charge >= 0.3 is 0 Å². The van der Waals surface area contributed by atoms with Crippen LogP contribution >= 0.6 is 0 Å². The number of hydrogen-bond donors (Lipinski definition) is 2. The molecule has 3 nitrogen and oxygen atoms in total. The number of rotatable bonds is 0. The third kappa shape index (κ3) is 0.395. The Morgan fingerprint density at radius 3 is 2.88 bits per heavy atom. The molecular formula is C5H8N2O. The van der Waals surface area contributed by atoms with E-state index in [0.29, 0.717) is 5.92 Å². The topological polar surface area (TPSA) is 44.6 Å². The molecule has 1 saturated carbocycles. The lowest BCUT2D eigenvalue weighted by molar-refractivity contribution is 0.231. The van der Waals surface area contributed by atoms with Crippen LogP contribution in [0.25, 0.3) is 0 Å². The van der Waals surface area contributed by atoms with Crippen molar-refractivity contribution in [1.29, 1.82) is 0 Å². The standard InChI is InChI=1S/C5H8N2O/c8-7-5-4-1-3(4)2-6-5/h3-4,8H,1-2H2,(H,6,7)/t3-,4-/m0/s1. The zero-order valence-electron chi connectivity index (χ0n) is 4.46. The largest absolute Gasteiger partial charge is 0.290 e. The van der Waals surface area contributed by atoms with Crippen molar-refractivity contribution in [2.45, 2.75) is 6.42 Å². The van der Waals surface area contributed by atoms with Gasteiger partial charge in [-0.3, -0.25) is 15.7 Å². The average Bonchev–Trinajstić information content (AvgIpc) is 2.46. The van der Waals surface area contributed by atoms with Gasteiger partial charge < -0.3 is 0 Å². The van der Waals surface area contributed by atoms with Crippen LogP contribution < -0.4 is 5.48 Å². The monoisotopic (exact) mass is 112 g/mol. The molecule has 1 fully saturated rings. The van der Waals surface area contributed by atoms with Gasteiger partial charge in [0.05, 0.1) is 0 Å². The molecule has 0 unspecified atom stereocenters. The Morgan fingerprint density at radius 2 is 2.62 bits per heavy atom. The van der Waals surface area contributed by atoms with Gasteiger partial charge in [-0.2, -0.15) is 0 Å². The van der Waals surface area contributed by atoms with Crippen LogP contribution in [0.1, 0.15) is 6.42 Å². The summed E-state index contributed by atoms with van der Waals surface area (Å²) >= 11 is 0. The van der Waals surface area contributed by atoms with E-state index in [4.69, 9.17) is 5.21 Å². The van der Waals surface area contributed by atoms with Gasteiger partial charge in [0, 0.05) is 12.5 Å². The van der Waals surface area contributed by atoms with E-state index >= 15 is 0 Å². The van der Waals surface area contributed by atoms with Gasteiger partial charge in [0.15, 0.2) is 0 Å². The number of hydrogen-bond acceptors (Lipinski definition) is 3. The van der Waals surface area contributed by atoms with E-state index in [0.717, 1.165) is 18.3 Å². The number of fused-ring (bicyclic) bond motifs is 1. The van der Waals surface area contributed by atoms with Gasteiger partial charge in [-0.25, -0.2) is 0 Å². The zero-order chi connectivity index (χ0) is 5.56. The molecule has 0 bridgehead atoms. The molecule has 0 aromatic heterocycles. The molecule has 44 valence electrons. The molecule has 0 radical (unpaired) electrons. The van der Waals surface area contributed by atoms with Crippen LogP contribution in [0, 0.1) is 11.8 Å². The predicted octanol–water partition coefficient (Wildman–Crippen LogP) is 0.0134. The summed E-state index contributed by atoms with van der Waals surface area (Å²) in [6.45, 7) is 0.924. The van der Waals surface area contributed by atoms with Crippen molar-refractivity contribution in [2.24, 2.45) is 16.8 Å². The Morgan fingerprint density at radius 1 is 1.75 bits per heavy atom. The van der Waals surface area contributed by atoms with Crippen molar-refractivity contribution in [3.8, 4) is 0 Å². The molecular weight excluding hydrogens is 104 g/mol. The SMILES string of the molecule is ONC1=NC[C@@H]2C[C@H]12. The van der Waals surface area contributed by atoms with Gasteiger partial charge in [-0.1, -0.05) is 0 Å². The number of nitrogens with one attached hydrogen (secondary N) is 1. The minimum Gasteiger partial charge on any atom is -0.290 e. The van der Waals surface area contributed by atoms with Crippen LogP contribution in [0.15, 0.2) is 4.99 Å². The first kappa shape index (κ1) is 4.32. The molecule has 1 aliphatic heterocycles. The van der Waals surface area contributed by atoms with E-state index in [1.165, 1.54) is 6.42 Å². The van der Waals surface area contributed by atoms with Crippen LogP contribution in [-0.4, -0.2) is 17.6 Å². The Labute approximate surface area is 47.4 Å². The first-order chi connectivity index (χ1) is 3.92. The van der Waals surface area contributed by atoms with E-state index in [9.17, 15) is 0 Å². The normalized spacial score (nSPS) is 40.9. The fraction of sp³-hybridized carbons (Fsp3) is 0.800. The Hall–Kier alpha value is -0.570. The Bertz CT molecular complexity index is 143. The molecule has 1 heterocycles. The lowest BCUT2D eigenvalue weighted by atomic mass is 10.3. The molecule has 2 N–H and O–H groups in total. The van der Waals surface area contributed by atoms with Crippen LogP contribution in [-0.2, 0) is 0 Å². The van der Waals surface area contributed by atoms with E-state index < -0.39 is 0 Å². The van der Waals surface area contributed by atoms with Gasteiger partial charge in [0.2, 0.25) is 0 Å². The van der Waals surface area contributed by atoms with Crippen molar-refractivity contribution in [2.75, 3.05) is 6.54 Å². The molecule has 2 aliphatic rings. The second kappa shape index (κ2) is 1.23. The second-order valence-corrected chi connectivity index (χ2v) is 2.44. The van der Waals surface area contributed by atoms with Crippen molar-refractivity contribution in [3.05, 3.63) is 0 Å². The molecule has 0 amide bonds. The molecule has 2 atom stereocenters. The van der Waals surface area contributed by atoms with Crippen LogP contribution in [0.2, 0.25) is 0 Å². The molecule has 1 aliphatic carbocycles. The fourth-order valence-corrected chi connectivity index (χ4v) is 1.24. The quantitative estimate of drug-likeness (QED) is 0.434. The molecule has 0 aromatic carbocycles. The minimum absolute atomic E-state index is 0.583. The zero-order valence-corrected chi connectivity index (χ0v) is 4.46. The van der Waals surface area contributed by atoms with E-state index in [2.05, 4.69) is 10.5 Å². The number of aliphatic imine (C=N–C) groups is 1. The van der Waals surface area contributed by atoms with Crippen molar-refractivity contribution >= 4 is 5.84 Å². The highest BCUT2D eigenvalue weighted by Crippen LogP contribution is 2.43. The Kier molecular flexibility index (Phi) is 0.663. The van der Waals surface area contributed by atoms with Crippen molar-refractivity contribution < 1.29 is 5.21 Å². The van der Waals surface area contributed by atoms with Gasteiger partial charge in [-0.05, 0) is 12.3 Å². The number of amidine groups is 1. The number of hydroxylamine groups is 1. The van der Waals surface area contributed by atoms with Gasteiger partial charge in [0.25, 0.3) is 0 Å². The van der Waals surface area contributed by atoms with E-state index in [1.807, 2.05) is 0 Å². The summed E-state index contributed by atoms with van der Waals surface area (Å²) in [5.74, 6) is 2.15. The maximum absolute atomic E-state index is 8.38. The van der Waals surface area contributed by atoms with Crippen LogP contribution in [0.5, 0.6) is 0 Å². The number of nitrogens with zero attached hydrogens (tertiary/aromatic N) is 1.